The van der Waals surface area contributed by atoms with E-state index >= 15 is 0 Å². The summed E-state index contributed by atoms with van der Waals surface area (Å²) >= 11 is 5.90. The van der Waals surface area contributed by atoms with Crippen LogP contribution in [0, 0.1) is 0 Å². The summed E-state index contributed by atoms with van der Waals surface area (Å²) in [6.45, 7) is 2.11. The molecule has 0 saturated carbocycles. The van der Waals surface area contributed by atoms with Gasteiger partial charge in [-0.2, -0.15) is 0 Å². The monoisotopic (exact) mass is 170 g/mol. The Kier molecular flexibility index (Phi) is 2.92. The number of hydrogen-bond acceptors (Lipinski definition) is 1. The van der Waals surface area contributed by atoms with Crippen LogP contribution in [0.15, 0.2) is 18.2 Å². The molecule has 0 aliphatic rings. The van der Waals surface area contributed by atoms with Crippen molar-refractivity contribution in [1.82, 2.24) is 0 Å². The minimum absolute atomic E-state index is 0.0592. The molecule has 60 valence electrons. The van der Waals surface area contributed by atoms with Gasteiger partial charge in [0.1, 0.15) is 0 Å². The molecule has 1 aromatic carbocycles. The van der Waals surface area contributed by atoms with Crippen LogP contribution >= 0.6 is 11.6 Å². The van der Waals surface area contributed by atoms with Crippen LogP contribution in [0.1, 0.15) is 18.1 Å². The summed E-state index contributed by atoms with van der Waals surface area (Å²) in [5, 5.41) is 9.52. The molecule has 0 fully saturated rings. The van der Waals surface area contributed by atoms with E-state index in [1.165, 1.54) is 0 Å². The van der Waals surface area contributed by atoms with E-state index in [0.29, 0.717) is 0 Å². The second-order valence-corrected chi connectivity index (χ2v) is 2.84. The highest BCUT2D eigenvalue weighted by Crippen LogP contribution is 2.17. The molecule has 1 aromatic rings. The molecule has 0 unspecified atom stereocenters. The second kappa shape index (κ2) is 3.74. The molecule has 0 heterocycles. The Morgan fingerprint density at radius 1 is 1.45 bits per heavy atom. The molecule has 0 aromatic heterocycles. The first-order valence-corrected chi connectivity index (χ1v) is 4.04. The van der Waals surface area contributed by atoms with E-state index in [1.807, 2.05) is 12.1 Å². The summed E-state index contributed by atoms with van der Waals surface area (Å²) in [6.07, 6.45) is 0.935. The van der Waals surface area contributed by atoms with Crippen molar-refractivity contribution in [1.29, 1.82) is 0 Å². The van der Waals surface area contributed by atoms with Crippen LogP contribution < -0.4 is 0 Å². The molecule has 11 heavy (non-hydrogen) atoms. The van der Waals surface area contributed by atoms with Gasteiger partial charge in [-0.05, 0) is 23.6 Å². The minimum Gasteiger partial charge on any atom is -0.392 e. The lowest BCUT2D eigenvalue weighted by Crippen LogP contribution is -1.86. The van der Waals surface area contributed by atoms with Gasteiger partial charge in [0.05, 0.1) is 6.61 Å². The zero-order valence-corrected chi connectivity index (χ0v) is 7.23. The first-order valence-electron chi connectivity index (χ1n) is 3.66. The molecule has 1 nitrogen and oxygen atoms in total. The van der Waals surface area contributed by atoms with E-state index in [0.717, 1.165) is 22.6 Å². The van der Waals surface area contributed by atoms with Crippen LogP contribution in [0.2, 0.25) is 5.02 Å². The highest BCUT2D eigenvalue weighted by molar-refractivity contribution is 6.31. The van der Waals surface area contributed by atoms with Gasteiger partial charge in [0, 0.05) is 5.02 Å². The van der Waals surface area contributed by atoms with Crippen LogP contribution in [0.5, 0.6) is 0 Å². The smallest absolute Gasteiger partial charge is 0.0682 e. The minimum atomic E-state index is 0.0592. The standard InChI is InChI=1S/C9H11ClO/c1-2-8-4-3-7(6-11)5-9(8)10/h3-5,11H,2,6H2,1H3. The largest absolute Gasteiger partial charge is 0.392 e. The third-order valence-corrected chi connectivity index (χ3v) is 2.03. The van der Waals surface area contributed by atoms with Crippen LogP contribution in [0.25, 0.3) is 0 Å². The van der Waals surface area contributed by atoms with E-state index in [4.69, 9.17) is 16.7 Å². The van der Waals surface area contributed by atoms with Gasteiger partial charge in [0.25, 0.3) is 0 Å². The second-order valence-electron chi connectivity index (χ2n) is 2.44. The molecular weight excluding hydrogens is 160 g/mol. The van der Waals surface area contributed by atoms with E-state index in [1.54, 1.807) is 6.07 Å². The van der Waals surface area contributed by atoms with Crippen LogP contribution in [0.3, 0.4) is 0 Å². The fourth-order valence-corrected chi connectivity index (χ4v) is 1.31. The van der Waals surface area contributed by atoms with Crippen molar-refractivity contribution in [2.75, 3.05) is 0 Å². The van der Waals surface area contributed by atoms with Crippen LogP contribution in [0.4, 0.5) is 0 Å². The van der Waals surface area contributed by atoms with Crippen molar-refractivity contribution in [3.8, 4) is 0 Å². The van der Waals surface area contributed by atoms with Gasteiger partial charge in [-0.3, -0.25) is 0 Å². The maximum atomic E-state index is 8.77. The number of aliphatic hydroxyl groups is 1. The number of rotatable bonds is 2. The normalized spacial score (nSPS) is 10.1. The van der Waals surface area contributed by atoms with Gasteiger partial charge in [-0.25, -0.2) is 0 Å². The predicted octanol–water partition coefficient (Wildman–Crippen LogP) is 2.39. The van der Waals surface area contributed by atoms with E-state index in [9.17, 15) is 0 Å². The van der Waals surface area contributed by atoms with Gasteiger partial charge in [0.15, 0.2) is 0 Å². The van der Waals surface area contributed by atoms with Gasteiger partial charge in [-0.1, -0.05) is 30.7 Å². The Bertz CT molecular complexity index is 245. The number of halogens is 1. The summed E-state index contributed by atoms with van der Waals surface area (Å²) in [7, 11) is 0. The molecule has 0 bridgehead atoms. The molecular formula is C9H11ClO. The summed E-state index contributed by atoms with van der Waals surface area (Å²) in [6, 6.07) is 5.65. The van der Waals surface area contributed by atoms with Gasteiger partial charge in [0.2, 0.25) is 0 Å². The molecule has 0 radical (unpaired) electrons. The van der Waals surface area contributed by atoms with Crippen molar-refractivity contribution >= 4 is 11.6 Å². The van der Waals surface area contributed by atoms with Crippen molar-refractivity contribution in [2.24, 2.45) is 0 Å². The van der Waals surface area contributed by atoms with Crippen molar-refractivity contribution < 1.29 is 5.11 Å². The van der Waals surface area contributed by atoms with Gasteiger partial charge < -0.3 is 5.11 Å². The fourth-order valence-electron chi connectivity index (χ4n) is 0.976. The lowest BCUT2D eigenvalue weighted by Gasteiger charge is -2.01. The van der Waals surface area contributed by atoms with E-state index in [-0.39, 0.29) is 6.61 Å². The summed E-state index contributed by atoms with van der Waals surface area (Å²) in [4.78, 5) is 0. The lowest BCUT2D eigenvalue weighted by molar-refractivity contribution is 0.282. The number of aliphatic hydroxyl groups excluding tert-OH is 1. The molecule has 0 atom stereocenters. The highest BCUT2D eigenvalue weighted by atomic mass is 35.5. The molecule has 0 aliphatic carbocycles. The fraction of sp³-hybridized carbons (Fsp3) is 0.333. The Morgan fingerprint density at radius 3 is 2.64 bits per heavy atom. The third kappa shape index (κ3) is 1.95. The third-order valence-electron chi connectivity index (χ3n) is 1.68. The quantitative estimate of drug-likeness (QED) is 0.723. The van der Waals surface area contributed by atoms with Crippen LogP contribution in [-0.4, -0.2) is 5.11 Å². The average molecular weight is 171 g/mol. The first kappa shape index (κ1) is 8.57. The first-order chi connectivity index (χ1) is 5.27. The Morgan fingerprint density at radius 2 is 2.18 bits per heavy atom. The number of benzene rings is 1. The summed E-state index contributed by atoms with van der Waals surface area (Å²) < 4.78 is 0. The predicted molar refractivity (Wildman–Crippen MR) is 46.8 cm³/mol. The van der Waals surface area contributed by atoms with Gasteiger partial charge >= 0.3 is 0 Å². The zero-order chi connectivity index (χ0) is 8.27. The molecule has 0 spiro atoms. The van der Waals surface area contributed by atoms with Crippen molar-refractivity contribution in [3.63, 3.8) is 0 Å². The Hall–Kier alpha value is -0.530. The molecule has 2 heteroatoms. The van der Waals surface area contributed by atoms with Crippen LogP contribution in [-0.2, 0) is 13.0 Å². The van der Waals surface area contributed by atoms with Gasteiger partial charge in [-0.15, -0.1) is 0 Å². The molecule has 0 saturated heterocycles. The topological polar surface area (TPSA) is 20.2 Å². The van der Waals surface area contributed by atoms with Crippen molar-refractivity contribution in [3.05, 3.63) is 34.3 Å². The molecule has 0 aliphatic heterocycles. The Labute approximate surface area is 71.6 Å². The van der Waals surface area contributed by atoms with E-state index < -0.39 is 0 Å². The zero-order valence-electron chi connectivity index (χ0n) is 6.47. The number of aryl methyl sites for hydroxylation is 1. The van der Waals surface area contributed by atoms with Crippen molar-refractivity contribution in [2.45, 2.75) is 20.0 Å². The molecule has 1 rings (SSSR count). The lowest BCUT2D eigenvalue weighted by atomic mass is 10.1. The maximum absolute atomic E-state index is 8.77. The highest BCUT2D eigenvalue weighted by Gasteiger charge is 1.97. The molecule has 0 amide bonds. The molecule has 1 N–H and O–H groups in total. The van der Waals surface area contributed by atoms with E-state index in [2.05, 4.69) is 6.92 Å². The Balaban J connectivity index is 2.99. The summed E-state index contributed by atoms with van der Waals surface area (Å²) in [5.74, 6) is 0. The maximum Gasteiger partial charge on any atom is 0.0682 e. The SMILES string of the molecule is CCc1ccc(CO)cc1Cl. The average Bonchev–Trinajstić information content (AvgIpc) is 2.04. The number of hydrogen-bond donors (Lipinski definition) is 1. The summed E-state index contributed by atoms with van der Waals surface area (Å²) in [5.41, 5.74) is 2.00.